The summed E-state index contributed by atoms with van der Waals surface area (Å²) in [5.74, 6) is 0. The Morgan fingerprint density at radius 3 is 2.58 bits per heavy atom. The lowest BCUT2D eigenvalue weighted by Crippen LogP contribution is -2.22. The van der Waals surface area contributed by atoms with Gasteiger partial charge in [-0.25, -0.2) is 0 Å². The highest BCUT2D eigenvalue weighted by Crippen LogP contribution is 2.17. The summed E-state index contributed by atoms with van der Waals surface area (Å²) in [4.78, 5) is 2.00. The van der Waals surface area contributed by atoms with Gasteiger partial charge in [-0.3, -0.25) is 4.90 Å². The van der Waals surface area contributed by atoms with E-state index >= 15 is 0 Å². The zero-order chi connectivity index (χ0) is 8.39. The van der Waals surface area contributed by atoms with Crippen LogP contribution in [0.3, 0.4) is 0 Å². The van der Waals surface area contributed by atoms with Gasteiger partial charge in [-0.15, -0.1) is 0 Å². The highest BCUT2D eigenvalue weighted by Gasteiger charge is 2.18. The van der Waals surface area contributed by atoms with E-state index in [9.17, 15) is 0 Å². The highest BCUT2D eigenvalue weighted by atomic mass is 32.1. The van der Waals surface area contributed by atoms with Crippen LogP contribution in [0.4, 0.5) is 5.69 Å². The Morgan fingerprint density at radius 2 is 2.00 bits per heavy atom. The second-order valence-corrected chi connectivity index (χ2v) is 2.95. The van der Waals surface area contributed by atoms with Crippen molar-refractivity contribution in [1.82, 2.24) is 0 Å². The molecule has 2 nitrogen and oxygen atoms in total. The van der Waals surface area contributed by atoms with E-state index < -0.39 is 0 Å². The molecule has 2 rings (SSSR count). The van der Waals surface area contributed by atoms with Gasteiger partial charge >= 0.3 is 0 Å². The summed E-state index contributed by atoms with van der Waals surface area (Å²) >= 11 is 5.03. The van der Waals surface area contributed by atoms with Crippen molar-refractivity contribution < 1.29 is 4.74 Å². The topological polar surface area (TPSA) is 12.5 Å². The maximum absolute atomic E-state index is 5.18. The van der Waals surface area contributed by atoms with Crippen LogP contribution in [0.2, 0.25) is 0 Å². The van der Waals surface area contributed by atoms with Crippen molar-refractivity contribution in [3.8, 4) is 0 Å². The van der Waals surface area contributed by atoms with Gasteiger partial charge in [-0.2, -0.15) is 0 Å². The monoisotopic (exact) mass is 179 g/mol. The molecule has 0 bridgehead atoms. The summed E-state index contributed by atoms with van der Waals surface area (Å²) in [6.07, 6.45) is 0. The molecule has 1 aromatic carbocycles. The first-order chi connectivity index (χ1) is 5.88. The van der Waals surface area contributed by atoms with Gasteiger partial charge in [0.1, 0.15) is 6.61 Å². The van der Waals surface area contributed by atoms with Gasteiger partial charge in [-0.05, 0) is 24.4 Å². The van der Waals surface area contributed by atoms with E-state index in [2.05, 4.69) is 0 Å². The lowest BCUT2D eigenvalue weighted by molar-refractivity contribution is 0.361. The fourth-order valence-electron chi connectivity index (χ4n) is 1.24. The van der Waals surface area contributed by atoms with Crippen LogP contribution in [0.1, 0.15) is 0 Å². The standard InChI is InChI=1S/C9H9NOS/c12-9-10(6-7-11-9)8-4-2-1-3-5-8/h1-5H,6-7H2. The third-order valence-electron chi connectivity index (χ3n) is 1.83. The predicted molar refractivity (Wildman–Crippen MR) is 52.3 cm³/mol. The largest absolute Gasteiger partial charge is 0.469 e. The molecule has 0 amide bonds. The summed E-state index contributed by atoms with van der Waals surface area (Å²) < 4.78 is 5.18. The van der Waals surface area contributed by atoms with E-state index in [-0.39, 0.29) is 0 Å². The molecule has 62 valence electrons. The van der Waals surface area contributed by atoms with Crippen molar-refractivity contribution in [2.75, 3.05) is 18.1 Å². The lowest BCUT2D eigenvalue weighted by Gasteiger charge is -2.13. The Morgan fingerprint density at radius 1 is 1.25 bits per heavy atom. The Labute approximate surface area is 76.8 Å². The number of rotatable bonds is 1. The summed E-state index contributed by atoms with van der Waals surface area (Å²) in [5.41, 5.74) is 1.11. The van der Waals surface area contributed by atoms with Gasteiger partial charge in [0, 0.05) is 5.69 Å². The molecular weight excluding hydrogens is 170 g/mol. The Hall–Kier alpha value is -1.09. The molecule has 3 heteroatoms. The Kier molecular flexibility index (Phi) is 1.96. The summed E-state index contributed by atoms with van der Waals surface area (Å²) in [7, 11) is 0. The number of benzene rings is 1. The van der Waals surface area contributed by atoms with Gasteiger partial charge in [0.2, 0.25) is 0 Å². The number of anilines is 1. The van der Waals surface area contributed by atoms with E-state index in [0.717, 1.165) is 12.2 Å². The average Bonchev–Trinajstić information content (AvgIpc) is 2.53. The molecule has 1 aliphatic rings. The quantitative estimate of drug-likeness (QED) is 0.610. The summed E-state index contributed by atoms with van der Waals surface area (Å²) in [5, 5.41) is 0.584. The maximum atomic E-state index is 5.18. The molecule has 1 saturated heterocycles. The van der Waals surface area contributed by atoms with E-state index in [0.29, 0.717) is 11.8 Å². The van der Waals surface area contributed by atoms with Crippen molar-refractivity contribution in [1.29, 1.82) is 0 Å². The van der Waals surface area contributed by atoms with Gasteiger partial charge in [0.05, 0.1) is 6.54 Å². The molecule has 0 N–H and O–H groups in total. The molecule has 0 unspecified atom stereocenters. The molecule has 1 heterocycles. The molecule has 12 heavy (non-hydrogen) atoms. The first-order valence-corrected chi connectivity index (χ1v) is 4.28. The molecule has 0 aromatic heterocycles. The van der Waals surface area contributed by atoms with Crippen molar-refractivity contribution in [2.45, 2.75) is 0 Å². The molecule has 0 atom stereocenters. The van der Waals surface area contributed by atoms with Crippen LogP contribution in [0.5, 0.6) is 0 Å². The van der Waals surface area contributed by atoms with Crippen LogP contribution in [-0.4, -0.2) is 18.3 Å². The van der Waals surface area contributed by atoms with E-state index in [1.807, 2.05) is 35.2 Å². The zero-order valence-electron chi connectivity index (χ0n) is 6.56. The molecule has 1 aliphatic heterocycles. The molecular formula is C9H9NOS. The van der Waals surface area contributed by atoms with Crippen molar-refractivity contribution in [3.63, 3.8) is 0 Å². The first kappa shape index (κ1) is 7.55. The first-order valence-electron chi connectivity index (χ1n) is 3.87. The minimum Gasteiger partial charge on any atom is -0.469 e. The van der Waals surface area contributed by atoms with Crippen LogP contribution >= 0.6 is 12.2 Å². The van der Waals surface area contributed by atoms with Gasteiger partial charge < -0.3 is 4.74 Å². The van der Waals surface area contributed by atoms with Crippen LogP contribution < -0.4 is 4.90 Å². The molecule has 0 aliphatic carbocycles. The van der Waals surface area contributed by atoms with Gasteiger partial charge in [0.25, 0.3) is 5.17 Å². The fraction of sp³-hybridized carbons (Fsp3) is 0.222. The molecule has 1 fully saturated rings. The zero-order valence-corrected chi connectivity index (χ0v) is 7.38. The maximum Gasteiger partial charge on any atom is 0.264 e. The second-order valence-electron chi connectivity index (χ2n) is 2.60. The summed E-state index contributed by atoms with van der Waals surface area (Å²) in [6, 6.07) is 10.0. The second kappa shape index (κ2) is 3.11. The van der Waals surface area contributed by atoms with Crippen molar-refractivity contribution in [2.24, 2.45) is 0 Å². The van der Waals surface area contributed by atoms with Crippen LogP contribution in [0.25, 0.3) is 0 Å². The molecule has 0 radical (unpaired) electrons. The number of hydrogen-bond donors (Lipinski definition) is 0. The van der Waals surface area contributed by atoms with Crippen molar-refractivity contribution in [3.05, 3.63) is 30.3 Å². The number of ether oxygens (including phenoxy) is 1. The van der Waals surface area contributed by atoms with E-state index in [1.165, 1.54) is 0 Å². The number of nitrogens with zero attached hydrogens (tertiary/aromatic N) is 1. The molecule has 0 saturated carbocycles. The van der Waals surface area contributed by atoms with Crippen LogP contribution in [0.15, 0.2) is 30.3 Å². The number of para-hydroxylation sites is 1. The highest BCUT2D eigenvalue weighted by molar-refractivity contribution is 7.80. The molecule has 1 aromatic rings. The Balaban J connectivity index is 2.25. The predicted octanol–water partition coefficient (Wildman–Crippen LogP) is 1.81. The third-order valence-corrected chi connectivity index (χ3v) is 2.17. The van der Waals surface area contributed by atoms with Gasteiger partial charge in [-0.1, -0.05) is 18.2 Å². The normalized spacial score (nSPS) is 16.3. The van der Waals surface area contributed by atoms with Crippen molar-refractivity contribution >= 4 is 23.1 Å². The van der Waals surface area contributed by atoms with E-state index in [1.54, 1.807) is 0 Å². The SMILES string of the molecule is S=C1OCCN1c1ccccc1. The molecule has 0 spiro atoms. The van der Waals surface area contributed by atoms with Crippen LogP contribution in [-0.2, 0) is 4.74 Å². The summed E-state index contributed by atoms with van der Waals surface area (Å²) in [6.45, 7) is 1.57. The van der Waals surface area contributed by atoms with E-state index in [4.69, 9.17) is 17.0 Å². The Bertz CT molecular complexity index is 286. The minimum absolute atomic E-state index is 0.584. The van der Waals surface area contributed by atoms with Crippen LogP contribution in [0, 0.1) is 0 Å². The minimum atomic E-state index is 0.584. The van der Waals surface area contributed by atoms with Gasteiger partial charge in [0.15, 0.2) is 0 Å². The third kappa shape index (κ3) is 1.28. The smallest absolute Gasteiger partial charge is 0.264 e. The fourth-order valence-corrected chi connectivity index (χ4v) is 1.52. The average molecular weight is 179 g/mol. The lowest BCUT2D eigenvalue weighted by atomic mass is 10.3. The number of hydrogen-bond acceptors (Lipinski definition) is 2. The number of thiocarbonyl (C=S) groups is 1.